The van der Waals surface area contributed by atoms with Crippen molar-refractivity contribution in [2.24, 2.45) is 11.8 Å². The Morgan fingerprint density at radius 1 is 0.684 bits per heavy atom. The molecule has 0 heterocycles. The van der Waals surface area contributed by atoms with Gasteiger partial charge in [-0.3, -0.25) is 0 Å². The highest BCUT2D eigenvalue weighted by atomic mass is 15.1. The molecule has 0 aromatic heterocycles. The lowest BCUT2D eigenvalue weighted by atomic mass is 10.00. The summed E-state index contributed by atoms with van der Waals surface area (Å²) in [7, 11) is 0. The Kier molecular flexibility index (Phi) is 12.9. The second-order valence-corrected chi connectivity index (χ2v) is 6.55. The molecule has 19 heavy (non-hydrogen) atoms. The van der Waals surface area contributed by atoms with Crippen molar-refractivity contribution in [3.05, 3.63) is 0 Å². The van der Waals surface area contributed by atoms with Gasteiger partial charge >= 0.3 is 0 Å². The molecule has 0 aliphatic rings. The summed E-state index contributed by atoms with van der Waals surface area (Å²) in [6.45, 7) is 15.6. The first kappa shape index (κ1) is 19.0. The van der Waals surface area contributed by atoms with E-state index in [0.29, 0.717) is 0 Å². The van der Waals surface area contributed by atoms with Gasteiger partial charge in [0, 0.05) is 13.1 Å². The fraction of sp³-hybridized carbons (Fsp3) is 1.00. The summed E-state index contributed by atoms with van der Waals surface area (Å²) in [6.07, 6.45) is 11.2. The van der Waals surface area contributed by atoms with Crippen LogP contribution in [0.2, 0.25) is 0 Å². The monoisotopic (exact) mass is 269 g/mol. The van der Waals surface area contributed by atoms with Gasteiger partial charge in [-0.2, -0.15) is 0 Å². The van der Waals surface area contributed by atoms with Crippen LogP contribution in [0.15, 0.2) is 0 Å². The topological polar surface area (TPSA) is 3.24 Å². The van der Waals surface area contributed by atoms with Gasteiger partial charge in [-0.1, -0.05) is 73.1 Å². The van der Waals surface area contributed by atoms with Crippen molar-refractivity contribution in [2.45, 2.75) is 86.0 Å². The molecule has 1 heteroatoms. The van der Waals surface area contributed by atoms with E-state index in [4.69, 9.17) is 0 Å². The highest BCUT2D eigenvalue weighted by Crippen LogP contribution is 2.15. The maximum atomic E-state index is 2.67. The van der Waals surface area contributed by atoms with E-state index >= 15 is 0 Å². The summed E-state index contributed by atoms with van der Waals surface area (Å²) >= 11 is 0. The van der Waals surface area contributed by atoms with Gasteiger partial charge in [0.2, 0.25) is 0 Å². The Balaban J connectivity index is 3.79. The van der Waals surface area contributed by atoms with E-state index in [1.165, 1.54) is 71.0 Å². The van der Waals surface area contributed by atoms with Gasteiger partial charge in [-0.15, -0.1) is 0 Å². The zero-order valence-corrected chi connectivity index (χ0v) is 14.4. The van der Waals surface area contributed by atoms with Gasteiger partial charge in [0.1, 0.15) is 0 Å². The number of unbranched alkanes of at least 4 members (excludes halogenated alkanes) is 4. The number of hydrogen-bond donors (Lipinski definition) is 0. The molecule has 0 spiro atoms. The molecule has 0 aliphatic carbocycles. The predicted octanol–water partition coefficient (Wildman–Crippen LogP) is 5.74. The van der Waals surface area contributed by atoms with Crippen LogP contribution in [0.3, 0.4) is 0 Å². The molecule has 2 atom stereocenters. The van der Waals surface area contributed by atoms with Crippen LogP contribution in [0.25, 0.3) is 0 Å². The minimum atomic E-state index is 0.870. The second-order valence-electron chi connectivity index (χ2n) is 6.55. The van der Waals surface area contributed by atoms with Crippen molar-refractivity contribution in [1.29, 1.82) is 0 Å². The smallest absolute Gasteiger partial charge is 0.000702 e. The number of nitrogens with zero attached hydrogens (tertiary/aromatic N) is 1. The van der Waals surface area contributed by atoms with Crippen molar-refractivity contribution in [1.82, 2.24) is 4.90 Å². The highest BCUT2D eigenvalue weighted by Gasteiger charge is 2.12. The van der Waals surface area contributed by atoms with Crippen LogP contribution >= 0.6 is 0 Å². The van der Waals surface area contributed by atoms with E-state index in [9.17, 15) is 0 Å². The Morgan fingerprint density at radius 3 is 1.42 bits per heavy atom. The maximum Gasteiger partial charge on any atom is 0.000702 e. The summed E-state index contributed by atoms with van der Waals surface area (Å²) in [4.78, 5) is 2.67. The Labute approximate surface area is 123 Å². The van der Waals surface area contributed by atoms with Crippen molar-refractivity contribution < 1.29 is 0 Å². The zero-order chi connectivity index (χ0) is 14.5. The van der Waals surface area contributed by atoms with Crippen LogP contribution in [0.1, 0.15) is 86.0 Å². The van der Waals surface area contributed by atoms with E-state index < -0.39 is 0 Å². The Morgan fingerprint density at radius 2 is 1.11 bits per heavy atom. The van der Waals surface area contributed by atoms with Crippen LogP contribution < -0.4 is 0 Å². The Hall–Kier alpha value is -0.0400. The second kappa shape index (κ2) is 13.0. The molecule has 2 unspecified atom stereocenters. The summed E-state index contributed by atoms with van der Waals surface area (Å²) in [5.74, 6) is 1.74. The molecule has 1 nitrogen and oxygen atoms in total. The fourth-order valence-electron chi connectivity index (χ4n) is 2.88. The standard InChI is InChI=1S/C18H39N/c1-6-9-11-13-17(4)15-19(8-3)16-18(5)14-12-10-7-2/h17-18H,6-16H2,1-5H3. The van der Waals surface area contributed by atoms with Crippen molar-refractivity contribution >= 4 is 0 Å². The van der Waals surface area contributed by atoms with E-state index in [2.05, 4.69) is 39.5 Å². The SMILES string of the molecule is CCCCCC(C)CN(CC)CC(C)CCCCC. The summed E-state index contributed by atoms with van der Waals surface area (Å²) < 4.78 is 0. The third-order valence-electron chi connectivity index (χ3n) is 4.19. The Bertz CT molecular complexity index is 161. The van der Waals surface area contributed by atoms with Crippen LogP contribution in [-0.4, -0.2) is 24.5 Å². The lowest BCUT2D eigenvalue weighted by Crippen LogP contribution is -2.32. The lowest BCUT2D eigenvalue weighted by molar-refractivity contribution is 0.206. The van der Waals surface area contributed by atoms with Crippen molar-refractivity contribution in [3.8, 4) is 0 Å². The average molecular weight is 270 g/mol. The molecule has 0 bridgehead atoms. The van der Waals surface area contributed by atoms with Gasteiger partial charge < -0.3 is 4.90 Å². The first-order valence-electron chi connectivity index (χ1n) is 8.86. The van der Waals surface area contributed by atoms with Gasteiger partial charge in [0.25, 0.3) is 0 Å². The van der Waals surface area contributed by atoms with Gasteiger partial charge in [0.15, 0.2) is 0 Å². The van der Waals surface area contributed by atoms with Crippen LogP contribution in [0.5, 0.6) is 0 Å². The third kappa shape index (κ3) is 11.5. The minimum absolute atomic E-state index is 0.870. The predicted molar refractivity (Wildman–Crippen MR) is 88.7 cm³/mol. The summed E-state index contributed by atoms with van der Waals surface area (Å²) in [5.41, 5.74) is 0. The first-order valence-corrected chi connectivity index (χ1v) is 8.86. The van der Waals surface area contributed by atoms with Crippen molar-refractivity contribution in [2.75, 3.05) is 19.6 Å². The van der Waals surface area contributed by atoms with Crippen LogP contribution in [-0.2, 0) is 0 Å². The first-order chi connectivity index (χ1) is 9.13. The maximum absolute atomic E-state index is 2.67. The number of rotatable bonds is 13. The minimum Gasteiger partial charge on any atom is -0.303 e. The molecule has 116 valence electrons. The molecule has 0 aliphatic heterocycles. The van der Waals surface area contributed by atoms with Crippen LogP contribution in [0, 0.1) is 11.8 Å². The molecular weight excluding hydrogens is 230 g/mol. The van der Waals surface area contributed by atoms with E-state index in [-0.39, 0.29) is 0 Å². The molecule has 0 aromatic carbocycles. The van der Waals surface area contributed by atoms with E-state index in [1.54, 1.807) is 0 Å². The van der Waals surface area contributed by atoms with E-state index in [1.807, 2.05) is 0 Å². The van der Waals surface area contributed by atoms with Gasteiger partial charge in [-0.05, 0) is 31.2 Å². The summed E-state index contributed by atoms with van der Waals surface area (Å²) in [6, 6.07) is 0. The molecule has 0 radical (unpaired) electrons. The third-order valence-corrected chi connectivity index (χ3v) is 4.19. The lowest BCUT2D eigenvalue weighted by Gasteiger charge is -2.27. The summed E-state index contributed by atoms with van der Waals surface area (Å²) in [5, 5.41) is 0. The molecular formula is C18H39N. The fourth-order valence-corrected chi connectivity index (χ4v) is 2.88. The molecule has 0 amide bonds. The van der Waals surface area contributed by atoms with Crippen LogP contribution in [0.4, 0.5) is 0 Å². The molecule has 0 aromatic rings. The molecule has 0 fully saturated rings. The van der Waals surface area contributed by atoms with Gasteiger partial charge in [-0.25, -0.2) is 0 Å². The quantitative estimate of drug-likeness (QED) is 0.385. The molecule has 0 rings (SSSR count). The van der Waals surface area contributed by atoms with E-state index in [0.717, 1.165) is 11.8 Å². The largest absolute Gasteiger partial charge is 0.303 e. The molecule has 0 saturated carbocycles. The number of hydrogen-bond acceptors (Lipinski definition) is 1. The zero-order valence-electron chi connectivity index (χ0n) is 14.4. The highest BCUT2D eigenvalue weighted by molar-refractivity contribution is 4.65. The van der Waals surface area contributed by atoms with Crippen molar-refractivity contribution in [3.63, 3.8) is 0 Å². The molecule has 0 saturated heterocycles. The van der Waals surface area contributed by atoms with Gasteiger partial charge in [0.05, 0.1) is 0 Å². The average Bonchev–Trinajstić information content (AvgIpc) is 2.38. The molecule has 0 N–H and O–H groups in total. The normalized spacial score (nSPS) is 14.8.